The standard InChI is InChI=1S/C37H47N5O6S2/c1-39(2)50(46,47)38-35(43)24-10-12-28-31(16-24)41-22-37(49(44,45)42-20-25-14-15-36(42)19-32(25)40(3)21-36)18-30(37)29-17-26(48-4)11-13-27(29)34(41)33(28)23-8-6-5-7-9-23/h10-13,16-17,23,25,30,32H,5-9,14-15,18-22H2,1-4H3,(H,38,43)/t25?,30?,32?,36?,37-/m1/s1. The van der Waals surface area contributed by atoms with Gasteiger partial charge in [-0.2, -0.15) is 17.0 Å². The van der Waals surface area contributed by atoms with Gasteiger partial charge in [-0.05, 0) is 98.9 Å². The lowest BCUT2D eigenvalue weighted by Crippen LogP contribution is -2.63. The average Bonchev–Trinajstić information content (AvgIpc) is 3.74. The highest BCUT2D eigenvalue weighted by Crippen LogP contribution is 2.66. The first kappa shape index (κ1) is 32.9. The zero-order valence-corrected chi connectivity index (χ0v) is 30.9. The van der Waals surface area contributed by atoms with E-state index < -0.39 is 30.9 Å². The van der Waals surface area contributed by atoms with Gasteiger partial charge in [-0.15, -0.1) is 0 Å². The van der Waals surface area contributed by atoms with Crippen LogP contribution in [0.3, 0.4) is 0 Å². The number of nitrogens with zero attached hydrogens (tertiary/aromatic N) is 4. The molecule has 10 rings (SSSR count). The molecule has 0 radical (unpaired) electrons. The number of benzene rings is 2. The zero-order chi connectivity index (χ0) is 35.0. The first-order chi connectivity index (χ1) is 23.8. The van der Waals surface area contributed by atoms with E-state index in [1.165, 1.54) is 26.1 Å². The van der Waals surface area contributed by atoms with E-state index in [0.29, 0.717) is 30.7 Å². The summed E-state index contributed by atoms with van der Waals surface area (Å²) < 4.78 is 68.2. The Morgan fingerprint density at radius 2 is 1.76 bits per heavy atom. The summed E-state index contributed by atoms with van der Waals surface area (Å²) >= 11 is 0. The van der Waals surface area contributed by atoms with Crippen LogP contribution >= 0.6 is 0 Å². The predicted octanol–water partition coefficient (Wildman–Crippen LogP) is 4.64. The smallest absolute Gasteiger partial charge is 0.303 e. The van der Waals surface area contributed by atoms with E-state index in [0.717, 1.165) is 83.5 Å². The summed E-state index contributed by atoms with van der Waals surface area (Å²) in [6.45, 7) is 1.62. The molecule has 3 aliphatic carbocycles. The highest BCUT2D eigenvalue weighted by molar-refractivity contribution is 7.91. The zero-order valence-electron chi connectivity index (χ0n) is 29.3. The Kier molecular flexibility index (Phi) is 7.25. The number of nitrogens with one attached hydrogen (secondary N) is 1. The maximum atomic E-state index is 15.5. The molecule has 11 nitrogen and oxygen atoms in total. The molecule has 1 spiro atoms. The molecule has 13 heteroatoms. The van der Waals surface area contributed by atoms with Gasteiger partial charge in [0, 0.05) is 67.7 Å². The number of hydrogen-bond donors (Lipinski definition) is 1. The lowest BCUT2D eigenvalue weighted by Gasteiger charge is -2.52. The third-order valence-corrected chi connectivity index (χ3v) is 17.5. The van der Waals surface area contributed by atoms with Crippen molar-refractivity contribution in [2.24, 2.45) is 5.92 Å². The summed E-state index contributed by atoms with van der Waals surface area (Å²) in [5.41, 5.74) is 4.92. The Bertz CT molecular complexity index is 2150. The number of rotatable bonds is 7. The number of carbonyl (C=O) groups excluding carboxylic acids is 1. The average molecular weight is 722 g/mol. The second-order valence-corrected chi connectivity index (χ2v) is 20.2. The van der Waals surface area contributed by atoms with Crippen LogP contribution in [0.4, 0.5) is 0 Å². The molecule has 1 amide bonds. The van der Waals surface area contributed by atoms with Crippen LogP contribution in [-0.4, -0.2) is 98.5 Å². The highest BCUT2D eigenvalue weighted by atomic mass is 32.2. The number of hydrogen-bond acceptors (Lipinski definition) is 7. The molecular weight excluding hydrogens is 675 g/mol. The van der Waals surface area contributed by atoms with Crippen molar-refractivity contribution in [1.82, 2.24) is 22.8 Å². The summed E-state index contributed by atoms with van der Waals surface area (Å²) in [5, 5.41) is 1.00. The molecule has 5 atom stereocenters. The molecule has 3 bridgehead atoms. The van der Waals surface area contributed by atoms with Gasteiger partial charge in [0.1, 0.15) is 10.5 Å². The minimum atomic E-state index is -4.01. The van der Waals surface area contributed by atoms with Gasteiger partial charge in [0.2, 0.25) is 10.0 Å². The van der Waals surface area contributed by atoms with Gasteiger partial charge < -0.3 is 14.2 Å². The van der Waals surface area contributed by atoms with Crippen molar-refractivity contribution >= 4 is 37.0 Å². The Morgan fingerprint density at radius 3 is 2.50 bits per heavy atom. The Labute approximate surface area is 295 Å². The number of piperidine rings is 2. The highest BCUT2D eigenvalue weighted by Gasteiger charge is 2.71. The maximum Gasteiger partial charge on any atom is 0.303 e. The number of ether oxygens (including phenoxy) is 1. The molecule has 5 heterocycles. The van der Waals surface area contributed by atoms with E-state index in [-0.39, 0.29) is 29.5 Å². The first-order valence-electron chi connectivity index (χ1n) is 18.1. The fraction of sp³-hybridized carbons (Fsp3) is 0.595. The van der Waals surface area contributed by atoms with Crippen molar-refractivity contribution < 1.29 is 26.4 Å². The molecule has 4 aliphatic heterocycles. The van der Waals surface area contributed by atoms with Gasteiger partial charge in [0.15, 0.2) is 0 Å². The molecule has 3 aromatic rings. The molecule has 1 aromatic heterocycles. The van der Waals surface area contributed by atoms with Crippen LogP contribution in [-0.2, 0) is 26.8 Å². The van der Waals surface area contributed by atoms with E-state index in [9.17, 15) is 13.2 Å². The molecule has 50 heavy (non-hydrogen) atoms. The van der Waals surface area contributed by atoms with E-state index >= 15 is 8.42 Å². The summed E-state index contributed by atoms with van der Waals surface area (Å²) in [4.78, 5) is 15.8. The number of likely N-dealkylation sites (N-methyl/N-ethyl adjacent to an activating group) is 1. The fourth-order valence-corrected chi connectivity index (χ4v) is 14.0. The molecule has 4 unspecified atom stereocenters. The number of methoxy groups -OCH3 is 1. The van der Waals surface area contributed by atoms with Gasteiger partial charge in [-0.1, -0.05) is 25.3 Å². The molecule has 3 saturated heterocycles. The van der Waals surface area contributed by atoms with Gasteiger partial charge in [0.05, 0.1) is 18.3 Å². The quantitative estimate of drug-likeness (QED) is 0.378. The van der Waals surface area contributed by atoms with Crippen LogP contribution in [0.25, 0.3) is 22.2 Å². The predicted molar refractivity (Wildman–Crippen MR) is 192 cm³/mol. The van der Waals surface area contributed by atoms with E-state index in [1.807, 2.05) is 16.4 Å². The SMILES string of the molecule is COc1ccc2c(c1)C1C[C@@]1(S(=O)(=O)N1CC3CCC14CC3N(C)C4)Cn1c-2c(C2CCCCC2)c2ccc(C(=O)NS(=O)(=O)N(C)C)cc21. The van der Waals surface area contributed by atoms with Gasteiger partial charge in [-0.3, -0.25) is 4.79 Å². The molecule has 1 N–H and O–H groups in total. The third kappa shape index (κ3) is 4.52. The molecular formula is C37H47N5O6S2. The second-order valence-electron chi connectivity index (χ2n) is 16.2. The number of amides is 1. The summed E-state index contributed by atoms with van der Waals surface area (Å²) in [6.07, 6.45) is 8.93. The molecule has 7 aliphatic rings. The topological polar surface area (TPSA) is 121 Å². The van der Waals surface area contributed by atoms with Gasteiger partial charge in [-0.25, -0.2) is 13.1 Å². The van der Waals surface area contributed by atoms with Crippen molar-refractivity contribution in [1.29, 1.82) is 0 Å². The van der Waals surface area contributed by atoms with Crippen LogP contribution in [0.15, 0.2) is 36.4 Å². The van der Waals surface area contributed by atoms with Crippen LogP contribution in [0.5, 0.6) is 5.75 Å². The van der Waals surface area contributed by atoms with Crippen molar-refractivity contribution in [2.45, 2.75) is 92.5 Å². The minimum absolute atomic E-state index is 0.199. The Balaban J connectivity index is 1.25. The fourth-order valence-electron chi connectivity index (χ4n) is 10.7. The van der Waals surface area contributed by atoms with E-state index in [4.69, 9.17) is 4.74 Å². The number of fused-ring (bicyclic) bond motifs is 9. The van der Waals surface area contributed by atoms with Crippen molar-refractivity contribution in [3.05, 3.63) is 53.1 Å². The van der Waals surface area contributed by atoms with Crippen LogP contribution in [0.2, 0.25) is 0 Å². The Hall–Kier alpha value is -2.97. The number of likely N-dealkylation sites (tertiary alicyclic amines) is 1. The van der Waals surface area contributed by atoms with Crippen LogP contribution in [0, 0.1) is 5.92 Å². The van der Waals surface area contributed by atoms with Gasteiger partial charge >= 0.3 is 10.2 Å². The normalized spacial score (nSPS) is 30.9. The second kappa shape index (κ2) is 11.0. The Morgan fingerprint density at radius 1 is 0.980 bits per heavy atom. The lowest BCUT2D eigenvalue weighted by atomic mass is 9.73. The number of carbonyl (C=O) groups is 1. The van der Waals surface area contributed by atoms with E-state index in [1.54, 1.807) is 19.2 Å². The first-order valence-corrected chi connectivity index (χ1v) is 21.0. The summed E-state index contributed by atoms with van der Waals surface area (Å²) in [6, 6.07) is 12.0. The summed E-state index contributed by atoms with van der Waals surface area (Å²) in [5.74, 6) is 0.421. The maximum absolute atomic E-state index is 15.5. The van der Waals surface area contributed by atoms with E-state index in [2.05, 4.69) is 33.4 Å². The minimum Gasteiger partial charge on any atom is -0.497 e. The molecule has 3 saturated carbocycles. The van der Waals surface area contributed by atoms with Crippen molar-refractivity contribution in [2.75, 3.05) is 41.3 Å². The molecule has 268 valence electrons. The number of aromatic nitrogens is 1. The van der Waals surface area contributed by atoms with Crippen LogP contribution in [0.1, 0.15) is 91.1 Å². The lowest BCUT2D eigenvalue weighted by molar-refractivity contribution is 0.0555. The van der Waals surface area contributed by atoms with Crippen LogP contribution < -0.4 is 9.46 Å². The van der Waals surface area contributed by atoms with Crippen molar-refractivity contribution in [3.8, 4) is 17.0 Å². The monoisotopic (exact) mass is 721 g/mol. The third-order valence-electron chi connectivity index (χ3n) is 13.4. The molecule has 2 aromatic carbocycles. The van der Waals surface area contributed by atoms with Gasteiger partial charge in [0.25, 0.3) is 5.91 Å². The summed E-state index contributed by atoms with van der Waals surface area (Å²) in [7, 11) is -1.26. The largest absolute Gasteiger partial charge is 0.497 e. The number of sulfonamides is 1. The van der Waals surface area contributed by atoms with Crippen molar-refractivity contribution in [3.63, 3.8) is 0 Å². The molecule has 6 fully saturated rings.